The lowest BCUT2D eigenvalue weighted by Gasteiger charge is -2.24. The number of nitrogens with one attached hydrogen (secondary N) is 1. The van der Waals surface area contributed by atoms with Crippen molar-refractivity contribution in [2.45, 2.75) is 44.7 Å². The number of hydrogen-bond donors (Lipinski definition) is 1. The Kier molecular flexibility index (Phi) is 3.43. The molecule has 2 amide bonds. The van der Waals surface area contributed by atoms with Crippen molar-refractivity contribution in [1.29, 1.82) is 0 Å². The molecule has 22 heavy (non-hydrogen) atoms. The summed E-state index contributed by atoms with van der Waals surface area (Å²) in [5, 5.41) is 3.21. The van der Waals surface area contributed by atoms with Gasteiger partial charge in [-0.1, -0.05) is 6.42 Å². The van der Waals surface area contributed by atoms with Gasteiger partial charge in [-0.3, -0.25) is 9.59 Å². The second-order valence-electron chi connectivity index (χ2n) is 7.04. The second kappa shape index (κ2) is 5.45. The summed E-state index contributed by atoms with van der Waals surface area (Å²) in [6.45, 7) is 0.968. The Morgan fingerprint density at radius 1 is 1.36 bits per heavy atom. The first-order valence-corrected chi connectivity index (χ1v) is 8.29. The Balaban J connectivity index is 1.33. The van der Waals surface area contributed by atoms with Crippen molar-refractivity contribution in [3.63, 3.8) is 0 Å². The van der Waals surface area contributed by atoms with Crippen molar-refractivity contribution in [2.75, 3.05) is 6.54 Å². The summed E-state index contributed by atoms with van der Waals surface area (Å²) in [5.41, 5.74) is 0. The van der Waals surface area contributed by atoms with Gasteiger partial charge in [0.1, 0.15) is 5.76 Å². The molecule has 1 aromatic rings. The maximum absolute atomic E-state index is 12.5. The van der Waals surface area contributed by atoms with Crippen molar-refractivity contribution in [3.8, 4) is 0 Å². The number of likely N-dealkylation sites (tertiary alicyclic amines) is 1. The van der Waals surface area contributed by atoms with Crippen LogP contribution in [0, 0.1) is 17.8 Å². The first-order valence-electron chi connectivity index (χ1n) is 8.29. The lowest BCUT2D eigenvalue weighted by atomic mass is 9.94. The van der Waals surface area contributed by atoms with Gasteiger partial charge in [-0.15, -0.1) is 0 Å². The van der Waals surface area contributed by atoms with E-state index >= 15 is 0 Å². The molecular weight excluding hydrogens is 280 g/mol. The molecule has 3 aliphatic rings. The normalized spacial score (nSPS) is 33.6. The van der Waals surface area contributed by atoms with Gasteiger partial charge in [0.2, 0.25) is 11.8 Å². The molecule has 4 atom stereocenters. The van der Waals surface area contributed by atoms with Crippen molar-refractivity contribution >= 4 is 11.8 Å². The molecule has 0 spiro atoms. The van der Waals surface area contributed by atoms with E-state index < -0.39 is 0 Å². The largest absolute Gasteiger partial charge is 0.467 e. The number of rotatable bonds is 4. The van der Waals surface area contributed by atoms with Crippen LogP contribution >= 0.6 is 0 Å². The van der Waals surface area contributed by atoms with Crippen LogP contribution in [0.4, 0.5) is 0 Å². The Labute approximate surface area is 130 Å². The number of fused-ring (bicyclic) bond motifs is 2. The lowest BCUT2D eigenvalue weighted by molar-refractivity contribution is -0.129. The van der Waals surface area contributed by atoms with Gasteiger partial charge in [0.15, 0.2) is 0 Å². The van der Waals surface area contributed by atoms with E-state index in [4.69, 9.17) is 4.42 Å². The smallest absolute Gasteiger partial charge is 0.225 e. The molecule has 3 fully saturated rings. The monoisotopic (exact) mass is 302 g/mol. The first-order chi connectivity index (χ1) is 10.7. The van der Waals surface area contributed by atoms with E-state index in [1.165, 1.54) is 19.3 Å². The molecule has 4 rings (SSSR count). The highest BCUT2D eigenvalue weighted by Crippen LogP contribution is 2.44. The van der Waals surface area contributed by atoms with Crippen molar-refractivity contribution < 1.29 is 14.0 Å². The zero-order valence-corrected chi connectivity index (χ0v) is 12.7. The number of hydrogen-bond acceptors (Lipinski definition) is 3. The Bertz CT molecular complexity index is 568. The third-order valence-corrected chi connectivity index (χ3v) is 5.58. The highest BCUT2D eigenvalue weighted by molar-refractivity contribution is 5.89. The number of nitrogens with zero attached hydrogens (tertiary/aromatic N) is 1. The highest BCUT2D eigenvalue weighted by atomic mass is 16.3. The minimum atomic E-state index is -0.207. The van der Waals surface area contributed by atoms with Crippen molar-refractivity contribution in [2.24, 2.45) is 17.8 Å². The van der Waals surface area contributed by atoms with Crippen LogP contribution < -0.4 is 5.32 Å². The van der Waals surface area contributed by atoms with Gasteiger partial charge in [-0.2, -0.15) is 0 Å². The predicted molar refractivity (Wildman–Crippen MR) is 79.6 cm³/mol. The maximum atomic E-state index is 12.5. The van der Waals surface area contributed by atoms with E-state index in [0.29, 0.717) is 31.5 Å². The van der Waals surface area contributed by atoms with Crippen molar-refractivity contribution in [1.82, 2.24) is 10.2 Å². The molecular formula is C17H22N2O3. The fourth-order valence-electron chi connectivity index (χ4n) is 4.41. The van der Waals surface area contributed by atoms with Gasteiger partial charge >= 0.3 is 0 Å². The molecule has 5 heteroatoms. The fourth-order valence-corrected chi connectivity index (χ4v) is 4.41. The predicted octanol–water partition coefficient (Wildman–Crippen LogP) is 1.93. The molecule has 1 saturated heterocycles. The van der Waals surface area contributed by atoms with Crippen LogP contribution in [-0.2, 0) is 16.1 Å². The molecule has 0 unspecified atom stereocenters. The lowest BCUT2D eigenvalue weighted by Crippen LogP contribution is -2.42. The summed E-state index contributed by atoms with van der Waals surface area (Å²) in [6, 6.07) is 4.02. The van der Waals surface area contributed by atoms with E-state index in [9.17, 15) is 9.59 Å². The van der Waals surface area contributed by atoms with Crippen LogP contribution in [0.5, 0.6) is 0 Å². The Morgan fingerprint density at radius 3 is 2.95 bits per heavy atom. The van der Waals surface area contributed by atoms with Gasteiger partial charge in [0.05, 0.1) is 18.7 Å². The van der Waals surface area contributed by atoms with Crippen LogP contribution in [0.25, 0.3) is 0 Å². The van der Waals surface area contributed by atoms with Gasteiger partial charge < -0.3 is 14.6 Å². The van der Waals surface area contributed by atoms with Crippen LogP contribution in [0.15, 0.2) is 22.8 Å². The van der Waals surface area contributed by atoms with Crippen molar-refractivity contribution in [3.05, 3.63) is 24.2 Å². The maximum Gasteiger partial charge on any atom is 0.225 e. The summed E-state index contributed by atoms with van der Waals surface area (Å²) in [6.07, 6.45) is 6.93. The summed E-state index contributed by atoms with van der Waals surface area (Å²) in [7, 11) is 0. The highest BCUT2D eigenvalue weighted by Gasteiger charge is 2.42. The van der Waals surface area contributed by atoms with E-state index in [1.54, 1.807) is 11.2 Å². The Morgan fingerprint density at radius 2 is 2.27 bits per heavy atom. The molecule has 0 radical (unpaired) electrons. The molecule has 2 aliphatic carbocycles. The average molecular weight is 302 g/mol. The molecule has 0 aromatic carbocycles. The number of amides is 2. The van der Waals surface area contributed by atoms with Crippen LogP contribution in [0.2, 0.25) is 0 Å². The van der Waals surface area contributed by atoms with E-state index in [1.807, 2.05) is 12.1 Å². The van der Waals surface area contributed by atoms with E-state index in [2.05, 4.69) is 5.32 Å². The molecule has 1 aromatic heterocycles. The third kappa shape index (κ3) is 2.53. The molecule has 2 bridgehead atoms. The Hall–Kier alpha value is -1.78. The number of carbonyl (C=O) groups excluding carboxylic acids is 2. The standard InChI is InChI=1S/C17H22N2O3/c20-16-8-13(9-19(16)10-14-2-1-5-22-14)17(21)18-15-7-11-3-4-12(15)6-11/h1-2,5,11-13,15H,3-4,6-10H2,(H,18,21)/t11-,12-,13-,15+/m0/s1. The minimum Gasteiger partial charge on any atom is -0.467 e. The average Bonchev–Trinajstić information content (AvgIpc) is 3.25. The SMILES string of the molecule is O=C(N[C@@H]1C[C@H]2CC[C@H]1C2)[C@H]1CC(=O)N(Cc2ccco2)C1. The van der Waals surface area contributed by atoms with E-state index in [0.717, 1.165) is 18.1 Å². The van der Waals surface area contributed by atoms with Gasteiger partial charge in [-0.25, -0.2) is 0 Å². The molecule has 1 N–H and O–H groups in total. The quantitative estimate of drug-likeness (QED) is 0.924. The van der Waals surface area contributed by atoms with Crippen LogP contribution in [-0.4, -0.2) is 29.3 Å². The molecule has 1 aliphatic heterocycles. The van der Waals surface area contributed by atoms with Crippen LogP contribution in [0.1, 0.15) is 37.9 Å². The zero-order valence-electron chi connectivity index (χ0n) is 12.7. The van der Waals surface area contributed by atoms with Gasteiger partial charge in [-0.05, 0) is 43.2 Å². The summed E-state index contributed by atoms with van der Waals surface area (Å²) in [5.74, 6) is 2.16. The second-order valence-corrected chi connectivity index (χ2v) is 7.04. The van der Waals surface area contributed by atoms with Crippen LogP contribution in [0.3, 0.4) is 0 Å². The molecule has 2 heterocycles. The fraction of sp³-hybridized carbons (Fsp3) is 0.647. The summed E-state index contributed by atoms with van der Waals surface area (Å²) in [4.78, 5) is 26.3. The summed E-state index contributed by atoms with van der Waals surface area (Å²) < 4.78 is 5.29. The third-order valence-electron chi connectivity index (χ3n) is 5.58. The minimum absolute atomic E-state index is 0.0458. The van der Waals surface area contributed by atoms with E-state index in [-0.39, 0.29) is 17.7 Å². The number of carbonyl (C=O) groups is 2. The van der Waals surface area contributed by atoms with Gasteiger partial charge in [0.25, 0.3) is 0 Å². The number of furan rings is 1. The molecule has 118 valence electrons. The summed E-state index contributed by atoms with van der Waals surface area (Å²) >= 11 is 0. The molecule has 2 saturated carbocycles. The first kappa shape index (κ1) is 13.9. The zero-order chi connectivity index (χ0) is 15.1. The molecule has 5 nitrogen and oxygen atoms in total. The van der Waals surface area contributed by atoms with Gasteiger partial charge in [0, 0.05) is 19.0 Å². The topological polar surface area (TPSA) is 62.6 Å².